The maximum atomic E-state index is 6.02. The number of methoxy groups -OCH3 is 1. The Kier molecular flexibility index (Phi) is 5.16. The number of imidazole rings is 1. The van der Waals surface area contributed by atoms with Gasteiger partial charge in [0.05, 0.1) is 25.2 Å². The smallest absolute Gasteiger partial charge is 0.221 e. The fourth-order valence-electron chi connectivity index (χ4n) is 3.14. The lowest BCUT2D eigenvalue weighted by molar-refractivity contribution is 0.297. The topological polar surface area (TPSA) is 74.7 Å². The Morgan fingerprint density at radius 2 is 1.90 bits per heavy atom. The van der Waals surface area contributed by atoms with Gasteiger partial charge in [0.25, 0.3) is 0 Å². The largest absolute Gasteiger partial charge is 0.496 e. The number of hydrogen-bond acceptors (Lipinski definition) is 5. The molecule has 1 aromatic heterocycles. The molecule has 1 heterocycles. The number of hydrogen-bond donors (Lipinski definition) is 1. The Labute approximate surface area is 169 Å². The molecule has 0 amide bonds. The summed E-state index contributed by atoms with van der Waals surface area (Å²) in [4.78, 5) is 4.14. The molecule has 0 aliphatic heterocycles. The van der Waals surface area contributed by atoms with E-state index in [2.05, 4.69) is 28.3 Å². The summed E-state index contributed by atoms with van der Waals surface area (Å²) in [5, 5.41) is 6.70. The fraction of sp³-hybridized carbons (Fsp3) is 0.130. The van der Waals surface area contributed by atoms with Crippen LogP contribution in [0.25, 0.3) is 10.8 Å². The molecule has 0 spiro atoms. The van der Waals surface area contributed by atoms with Gasteiger partial charge in [0.15, 0.2) is 0 Å². The van der Waals surface area contributed by atoms with Crippen molar-refractivity contribution in [2.45, 2.75) is 13.5 Å². The van der Waals surface area contributed by atoms with Crippen molar-refractivity contribution in [3.63, 3.8) is 0 Å². The number of rotatable bonds is 6. The molecule has 3 aromatic carbocycles. The number of aromatic nitrogens is 2. The molecule has 0 aliphatic carbocycles. The number of benzene rings is 3. The zero-order valence-corrected chi connectivity index (χ0v) is 16.4. The molecule has 2 N–H and O–H groups in total. The van der Waals surface area contributed by atoms with Crippen molar-refractivity contribution in [3.8, 4) is 11.5 Å². The predicted molar refractivity (Wildman–Crippen MR) is 116 cm³/mol. The summed E-state index contributed by atoms with van der Waals surface area (Å²) in [6, 6.07) is 20.1. The van der Waals surface area contributed by atoms with Crippen LogP contribution in [0.5, 0.6) is 11.5 Å². The average Bonchev–Trinajstić information content (AvgIpc) is 3.07. The highest BCUT2D eigenvalue weighted by Crippen LogP contribution is 2.24. The van der Waals surface area contributed by atoms with Gasteiger partial charge in [-0.25, -0.2) is 9.66 Å². The Hall–Kier alpha value is -3.80. The zero-order chi connectivity index (χ0) is 20.2. The van der Waals surface area contributed by atoms with Crippen LogP contribution in [0, 0.1) is 6.92 Å². The number of aryl methyl sites for hydroxylation is 1. The lowest BCUT2D eigenvalue weighted by Crippen LogP contribution is -2.01. The summed E-state index contributed by atoms with van der Waals surface area (Å²) < 4.78 is 13.1. The first-order valence-electron chi connectivity index (χ1n) is 9.27. The summed E-state index contributed by atoms with van der Waals surface area (Å²) in [7, 11) is 1.65. The lowest BCUT2D eigenvalue weighted by atomic mass is 10.1. The summed E-state index contributed by atoms with van der Waals surface area (Å²) in [5.74, 6) is 1.93. The summed E-state index contributed by atoms with van der Waals surface area (Å²) in [5.41, 5.74) is 8.49. The van der Waals surface area contributed by atoms with E-state index in [9.17, 15) is 0 Å². The number of anilines is 1. The third kappa shape index (κ3) is 4.21. The SMILES string of the molecule is COc1ccc(C=Nn2cc(C)nc2N)cc1COc1ccc2ccccc2c1. The molecule has 0 saturated heterocycles. The normalized spacial score (nSPS) is 11.2. The maximum Gasteiger partial charge on any atom is 0.221 e. The zero-order valence-electron chi connectivity index (χ0n) is 16.4. The number of nitrogens with zero attached hydrogens (tertiary/aromatic N) is 3. The van der Waals surface area contributed by atoms with Crippen LogP contribution >= 0.6 is 0 Å². The number of nitrogens with two attached hydrogens (primary N) is 1. The van der Waals surface area contributed by atoms with Crippen molar-refractivity contribution in [1.29, 1.82) is 0 Å². The Morgan fingerprint density at radius 1 is 1.07 bits per heavy atom. The van der Waals surface area contributed by atoms with Crippen molar-refractivity contribution in [2.24, 2.45) is 5.10 Å². The third-order valence-corrected chi connectivity index (χ3v) is 4.59. The van der Waals surface area contributed by atoms with Crippen LogP contribution < -0.4 is 15.2 Å². The van der Waals surface area contributed by atoms with Gasteiger partial charge in [0.1, 0.15) is 18.1 Å². The maximum absolute atomic E-state index is 6.02. The van der Waals surface area contributed by atoms with Crippen molar-refractivity contribution in [1.82, 2.24) is 9.66 Å². The van der Waals surface area contributed by atoms with E-state index < -0.39 is 0 Å². The Bertz CT molecular complexity index is 1180. The molecule has 29 heavy (non-hydrogen) atoms. The summed E-state index contributed by atoms with van der Waals surface area (Å²) in [6.45, 7) is 2.26. The molecule has 0 saturated carbocycles. The van der Waals surface area contributed by atoms with Gasteiger partial charge in [-0.05, 0) is 53.6 Å². The quantitative estimate of drug-likeness (QED) is 0.499. The van der Waals surface area contributed by atoms with Crippen molar-refractivity contribution in [3.05, 3.63) is 83.7 Å². The van der Waals surface area contributed by atoms with Gasteiger partial charge < -0.3 is 15.2 Å². The highest BCUT2D eigenvalue weighted by atomic mass is 16.5. The third-order valence-electron chi connectivity index (χ3n) is 4.59. The van der Waals surface area contributed by atoms with Crippen LogP contribution in [0.2, 0.25) is 0 Å². The van der Waals surface area contributed by atoms with Gasteiger partial charge >= 0.3 is 0 Å². The molecule has 146 valence electrons. The van der Waals surface area contributed by atoms with Gasteiger partial charge in [-0.2, -0.15) is 5.10 Å². The Balaban J connectivity index is 1.53. The number of nitrogen functional groups attached to an aromatic ring is 1. The average molecular weight is 386 g/mol. The molecule has 4 rings (SSSR count). The van der Waals surface area contributed by atoms with Crippen LogP contribution in [0.1, 0.15) is 16.8 Å². The standard InChI is InChI=1S/C23H22N4O2/c1-16-14-27(23(24)26-16)25-13-17-7-10-22(28-2)20(11-17)15-29-21-9-8-18-5-3-4-6-19(18)12-21/h3-14H,15H2,1-2H3,(H2,24,26). The molecule has 0 atom stereocenters. The number of ether oxygens (including phenoxy) is 2. The molecular weight excluding hydrogens is 364 g/mol. The molecular formula is C23H22N4O2. The van der Waals surface area contributed by atoms with Crippen molar-refractivity contribution >= 4 is 22.9 Å². The van der Waals surface area contributed by atoms with E-state index in [1.807, 2.05) is 49.4 Å². The van der Waals surface area contributed by atoms with Gasteiger partial charge in [-0.3, -0.25) is 0 Å². The highest BCUT2D eigenvalue weighted by Gasteiger charge is 2.06. The van der Waals surface area contributed by atoms with Crippen molar-refractivity contribution in [2.75, 3.05) is 12.8 Å². The van der Waals surface area contributed by atoms with E-state index in [-0.39, 0.29) is 0 Å². The lowest BCUT2D eigenvalue weighted by Gasteiger charge is -2.12. The summed E-state index contributed by atoms with van der Waals surface area (Å²) in [6.07, 6.45) is 3.51. The van der Waals surface area contributed by atoms with Gasteiger partial charge in [0.2, 0.25) is 5.95 Å². The minimum atomic E-state index is 0.354. The van der Waals surface area contributed by atoms with Crippen molar-refractivity contribution < 1.29 is 9.47 Å². The molecule has 6 nitrogen and oxygen atoms in total. The van der Waals surface area contributed by atoms with Gasteiger partial charge in [-0.15, -0.1) is 0 Å². The first kappa shape index (κ1) is 18.6. The number of fused-ring (bicyclic) bond motifs is 1. The molecule has 0 bridgehead atoms. The fourth-order valence-corrected chi connectivity index (χ4v) is 3.14. The molecule has 6 heteroatoms. The van der Waals surface area contributed by atoms with E-state index in [0.717, 1.165) is 33.7 Å². The van der Waals surface area contributed by atoms with E-state index in [0.29, 0.717) is 12.6 Å². The van der Waals surface area contributed by atoms with Crippen LogP contribution in [-0.4, -0.2) is 23.0 Å². The minimum absolute atomic E-state index is 0.354. The second-order valence-electron chi connectivity index (χ2n) is 6.70. The van der Waals surface area contributed by atoms with Crippen LogP contribution in [0.4, 0.5) is 5.95 Å². The van der Waals surface area contributed by atoms with Crippen LogP contribution in [-0.2, 0) is 6.61 Å². The molecule has 0 radical (unpaired) electrons. The predicted octanol–water partition coefficient (Wildman–Crippen LogP) is 4.40. The first-order chi connectivity index (χ1) is 14.1. The first-order valence-corrected chi connectivity index (χ1v) is 9.27. The van der Waals surface area contributed by atoms with E-state index in [1.165, 1.54) is 5.39 Å². The molecule has 0 unspecified atom stereocenters. The molecule has 4 aromatic rings. The minimum Gasteiger partial charge on any atom is -0.496 e. The second-order valence-corrected chi connectivity index (χ2v) is 6.70. The van der Waals surface area contributed by atoms with Crippen LogP contribution in [0.15, 0.2) is 72.0 Å². The van der Waals surface area contributed by atoms with Crippen LogP contribution in [0.3, 0.4) is 0 Å². The summed E-state index contributed by atoms with van der Waals surface area (Å²) >= 11 is 0. The monoisotopic (exact) mass is 386 g/mol. The van der Waals surface area contributed by atoms with Gasteiger partial charge in [0, 0.05) is 5.56 Å². The molecule has 0 fully saturated rings. The second kappa shape index (κ2) is 8.06. The molecule has 0 aliphatic rings. The highest BCUT2D eigenvalue weighted by molar-refractivity contribution is 5.83. The van der Waals surface area contributed by atoms with E-state index >= 15 is 0 Å². The van der Waals surface area contributed by atoms with E-state index in [4.69, 9.17) is 15.2 Å². The van der Waals surface area contributed by atoms with Gasteiger partial charge in [-0.1, -0.05) is 30.3 Å². The Morgan fingerprint density at radius 3 is 2.66 bits per heavy atom. The van der Waals surface area contributed by atoms with E-state index in [1.54, 1.807) is 24.2 Å².